The second-order valence-corrected chi connectivity index (χ2v) is 21.5. The summed E-state index contributed by atoms with van der Waals surface area (Å²) in [6, 6.07) is 0. The van der Waals surface area contributed by atoms with Gasteiger partial charge in [-0.1, -0.05) is 27.7 Å². The lowest BCUT2D eigenvalue weighted by Crippen LogP contribution is -2.66. The molecule has 8 aliphatic rings. The van der Waals surface area contributed by atoms with E-state index >= 15 is 0 Å². The van der Waals surface area contributed by atoms with Gasteiger partial charge in [0.15, 0.2) is 0 Å². The van der Waals surface area contributed by atoms with Crippen molar-refractivity contribution in [2.24, 2.45) is 45.3 Å². The van der Waals surface area contributed by atoms with Crippen LogP contribution in [0.3, 0.4) is 0 Å². The third-order valence-electron chi connectivity index (χ3n) is 15.7. The zero-order valence-corrected chi connectivity index (χ0v) is 30.7. The number of nitrogens with zero attached hydrogens (tertiary/aromatic N) is 2. The summed E-state index contributed by atoms with van der Waals surface area (Å²) in [7, 11) is -8.76. The van der Waals surface area contributed by atoms with Gasteiger partial charge >= 0.3 is 11.9 Å². The van der Waals surface area contributed by atoms with Gasteiger partial charge in [-0.05, 0) is 85.9 Å². The summed E-state index contributed by atoms with van der Waals surface area (Å²) in [6.07, 6.45) is 3.87. The van der Waals surface area contributed by atoms with Gasteiger partial charge in [-0.2, -0.15) is 8.61 Å². The smallest absolute Gasteiger partial charge is 0.352 e. The first kappa shape index (κ1) is 34.7. The first-order valence-corrected chi connectivity index (χ1v) is 21.5. The maximum absolute atomic E-state index is 14.6. The van der Waals surface area contributed by atoms with Gasteiger partial charge in [-0.15, -0.1) is 0 Å². The summed E-state index contributed by atoms with van der Waals surface area (Å²) in [4.78, 5) is 26.7. The third-order valence-corrected chi connectivity index (χ3v) is 19.8. The van der Waals surface area contributed by atoms with Crippen molar-refractivity contribution in [2.75, 3.05) is 37.8 Å². The first-order valence-electron chi connectivity index (χ1n) is 18.2. The van der Waals surface area contributed by atoms with Crippen LogP contribution in [-0.2, 0) is 43.8 Å². The van der Waals surface area contributed by atoms with E-state index in [0.29, 0.717) is 37.9 Å². The molecule has 15 heteroatoms. The van der Waals surface area contributed by atoms with E-state index in [1.165, 1.54) is 0 Å². The topological polar surface area (TPSA) is 177 Å². The van der Waals surface area contributed by atoms with Gasteiger partial charge in [-0.25, -0.2) is 26.4 Å². The highest BCUT2D eigenvalue weighted by Gasteiger charge is 2.74. The molecule has 4 saturated heterocycles. The SMILES string of the molecule is CC1(C)C2CC[C@@]1(CS(=O)(=O)N1CCC[C@]1(O[C@]1(C(=O)O)CCCN1S(=O)(=O)C[C@]13CCC([C@@H]4CCO[C@@H]41)C3(C)C)C(=O)O)C1OCC[C@H]21. The monoisotopic (exact) mass is 728 g/mol. The molecule has 49 heavy (non-hydrogen) atoms. The molecule has 0 aromatic heterocycles. The van der Waals surface area contributed by atoms with Crippen LogP contribution < -0.4 is 0 Å². The van der Waals surface area contributed by atoms with Crippen LogP contribution in [0.5, 0.6) is 0 Å². The Kier molecular flexibility index (Phi) is 7.52. The summed E-state index contributed by atoms with van der Waals surface area (Å²) in [5.74, 6) is -2.88. The second kappa shape index (κ2) is 10.6. The predicted octanol–water partition coefficient (Wildman–Crippen LogP) is 3.10. The van der Waals surface area contributed by atoms with Crippen LogP contribution in [0.2, 0.25) is 0 Å². The summed E-state index contributed by atoms with van der Waals surface area (Å²) < 4.78 is 78.8. The number of carboxylic acid groups (broad SMARTS) is 2. The molecular weight excluding hydrogens is 677 g/mol. The minimum atomic E-state index is -4.38. The van der Waals surface area contributed by atoms with E-state index in [0.717, 1.165) is 34.3 Å². The average Bonchev–Trinajstić information content (AvgIpc) is 3.85. The molecule has 8 rings (SSSR count). The van der Waals surface area contributed by atoms with Crippen molar-refractivity contribution in [3.05, 3.63) is 0 Å². The Morgan fingerprint density at radius 1 is 0.673 bits per heavy atom. The molecule has 2 N–H and O–H groups in total. The van der Waals surface area contributed by atoms with E-state index in [9.17, 15) is 36.6 Å². The predicted molar refractivity (Wildman–Crippen MR) is 175 cm³/mol. The number of hydrogen-bond acceptors (Lipinski definition) is 9. The van der Waals surface area contributed by atoms with E-state index < -0.39 is 54.3 Å². The number of carbonyl (C=O) groups is 2. The lowest BCUT2D eigenvalue weighted by Gasteiger charge is -2.46. The number of ether oxygens (including phenoxy) is 3. The van der Waals surface area contributed by atoms with E-state index in [1.807, 2.05) is 0 Å². The summed E-state index contributed by atoms with van der Waals surface area (Å²) >= 11 is 0. The molecule has 8 fully saturated rings. The molecule has 4 saturated carbocycles. The van der Waals surface area contributed by atoms with Crippen molar-refractivity contribution < 1.29 is 50.8 Å². The first-order chi connectivity index (χ1) is 22.8. The highest BCUT2D eigenvalue weighted by Crippen LogP contribution is 2.72. The minimum Gasteiger partial charge on any atom is -0.478 e. The van der Waals surface area contributed by atoms with Gasteiger partial charge in [0.05, 0.1) is 23.7 Å². The van der Waals surface area contributed by atoms with Crippen molar-refractivity contribution in [1.29, 1.82) is 0 Å². The number of sulfonamides is 2. The van der Waals surface area contributed by atoms with Crippen LogP contribution in [0.15, 0.2) is 0 Å². The zero-order valence-electron chi connectivity index (χ0n) is 29.1. The number of carboxylic acids is 2. The minimum absolute atomic E-state index is 0.120. The number of hydrogen-bond donors (Lipinski definition) is 2. The number of rotatable bonds is 10. The van der Waals surface area contributed by atoms with Crippen LogP contribution in [0.1, 0.15) is 91.9 Å². The summed E-state index contributed by atoms with van der Waals surface area (Å²) in [5, 5.41) is 21.7. The molecule has 3 unspecified atom stereocenters. The molecule has 276 valence electrons. The van der Waals surface area contributed by atoms with Gasteiger partial charge in [0.2, 0.25) is 31.5 Å². The molecular formula is C34H52N2O11S2. The Labute approximate surface area is 289 Å². The largest absolute Gasteiger partial charge is 0.478 e. The Hall–Kier alpha value is -1.36. The van der Waals surface area contributed by atoms with E-state index in [-0.39, 0.29) is 85.2 Å². The fourth-order valence-electron chi connectivity index (χ4n) is 13.4. The molecule has 4 heterocycles. The third kappa shape index (κ3) is 4.21. The van der Waals surface area contributed by atoms with Crippen LogP contribution in [0, 0.1) is 45.3 Å². The molecule has 4 bridgehead atoms. The lowest BCUT2D eigenvalue weighted by molar-refractivity contribution is -0.238. The van der Waals surface area contributed by atoms with Crippen LogP contribution >= 0.6 is 0 Å². The van der Waals surface area contributed by atoms with E-state index in [2.05, 4.69) is 27.7 Å². The van der Waals surface area contributed by atoms with E-state index in [1.54, 1.807) is 0 Å². The molecule has 0 aromatic rings. The zero-order chi connectivity index (χ0) is 35.2. The van der Waals surface area contributed by atoms with Crippen molar-refractivity contribution in [3.63, 3.8) is 0 Å². The van der Waals surface area contributed by atoms with E-state index in [4.69, 9.17) is 14.2 Å². The molecule has 0 aromatic carbocycles. The molecule has 4 aliphatic carbocycles. The summed E-state index contributed by atoms with van der Waals surface area (Å²) in [6.45, 7) is 9.12. The summed E-state index contributed by atoms with van der Waals surface area (Å²) in [5.41, 5.74) is -7.38. The van der Waals surface area contributed by atoms with Gasteiger partial charge in [0.1, 0.15) is 0 Å². The Bertz CT molecular complexity index is 1550. The molecule has 0 spiro atoms. The fraction of sp³-hybridized carbons (Fsp3) is 0.941. The van der Waals surface area contributed by atoms with Crippen LogP contribution in [-0.4, -0.2) is 109 Å². The highest BCUT2D eigenvalue weighted by molar-refractivity contribution is 7.89. The van der Waals surface area contributed by atoms with Crippen LogP contribution in [0.25, 0.3) is 0 Å². The van der Waals surface area contributed by atoms with Crippen molar-refractivity contribution in [1.82, 2.24) is 8.61 Å². The van der Waals surface area contributed by atoms with Gasteiger partial charge in [-0.3, -0.25) is 0 Å². The highest BCUT2D eigenvalue weighted by atomic mass is 32.2. The van der Waals surface area contributed by atoms with Gasteiger partial charge < -0.3 is 24.4 Å². The molecule has 0 radical (unpaired) electrons. The van der Waals surface area contributed by atoms with Crippen molar-refractivity contribution >= 4 is 32.0 Å². The van der Waals surface area contributed by atoms with Crippen molar-refractivity contribution in [2.45, 2.75) is 116 Å². The molecule has 13 nitrogen and oxygen atoms in total. The van der Waals surface area contributed by atoms with Gasteiger partial charge in [0.25, 0.3) is 0 Å². The Balaban J connectivity index is 1.14. The number of aliphatic carboxylic acids is 2. The Morgan fingerprint density at radius 3 is 1.43 bits per heavy atom. The average molecular weight is 729 g/mol. The quantitative estimate of drug-likeness (QED) is 0.338. The molecule has 4 aliphatic heterocycles. The standard InChI is InChI=1S/C34H52N2O11S2/c1-29(2)23-7-13-31(29,25-21(23)9-17-45-25)19-48(41,42)35-15-5-11-33(35,27(37)38)47-34(28(39)40)12-6-16-36(34)49(43,44)20-32-14-8-24(30(32,3)4)22-10-18-46-26(22)32/h21-26H,5-20H2,1-4H3,(H,37,38)(H,39,40)/t21-,22+,23?,24?,25-,26?,31+,32+,33-,34-/m0/s1. The molecule has 10 atom stereocenters. The normalized spacial score (nSPS) is 46.9. The maximum atomic E-state index is 14.6. The molecule has 0 amide bonds. The van der Waals surface area contributed by atoms with Crippen LogP contribution in [0.4, 0.5) is 0 Å². The van der Waals surface area contributed by atoms with Gasteiger partial charge in [0, 0.05) is 50.0 Å². The van der Waals surface area contributed by atoms with Crippen molar-refractivity contribution in [3.8, 4) is 0 Å². The second-order valence-electron chi connectivity index (χ2n) is 17.7. The Morgan fingerprint density at radius 2 is 1.06 bits per heavy atom. The maximum Gasteiger partial charge on any atom is 0.352 e. The lowest BCUT2D eigenvalue weighted by atomic mass is 9.69. The fourth-order valence-corrected chi connectivity index (χ4v) is 18.5. The number of fused-ring (bicyclic) bond motifs is 10.